The first-order valence-electron chi connectivity index (χ1n) is 10.5. The minimum Gasteiger partial charge on any atom is -0.484 e. The molecule has 7 nitrogen and oxygen atoms in total. The summed E-state index contributed by atoms with van der Waals surface area (Å²) < 4.78 is 35.1. The summed E-state index contributed by atoms with van der Waals surface area (Å²) in [6.07, 6.45) is 0.450. The lowest BCUT2D eigenvalue weighted by molar-refractivity contribution is -0.135. The molecule has 0 N–H and O–H groups in total. The molecule has 0 aliphatic carbocycles. The molecule has 0 saturated carbocycles. The number of amides is 1. The fourth-order valence-electron chi connectivity index (χ4n) is 4.20. The molecule has 2 heterocycles. The number of carbonyl (C=O) groups excluding carboxylic acids is 1. The van der Waals surface area contributed by atoms with Gasteiger partial charge in [0.15, 0.2) is 16.4 Å². The topological polar surface area (TPSA) is 93.9 Å². The average molecular weight is 456 g/mol. The number of hydrogen-bond donors (Lipinski definition) is 0. The van der Waals surface area contributed by atoms with E-state index in [1.54, 1.807) is 30.0 Å². The molecule has 1 aliphatic heterocycles. The van der Waals surface area contributed by atoms with Crippen molar-refractivity contribution in [3.63, 3.8) is 0 Å². The molecule has 1 aliphatic rings. The number of fused-ring (bicyclic) bond motifs is 1. The highest BCUT2D eigenvalue weighted by Gasteiger charge is 2.34. The van der Waals surface area contributed by atoms with E-state index < -0.39 is 9.84 Å². The van der Waals surface area contributed by atoms with Gasteiger partial charge in [0, 0.05) is 18.7 Å². The fraction of sp³-hybridized carbons (Fsp3) is 0.333. The number of carbonyl (C=O) groups is 1. The summed E-state index contributed by atoms with van der Waals surface area (Å²) >= 11 is 0. The zero-order valence-corrected chi connectivity index (χ0v) is 18.9. The molecule has 1 amide bonds. The summed E-state index contributed by atoms with van der Waals surface area (Å²) in [5.41, 5.74) is 1.57. The number of nitrogens with zero attached hydrogens (tertiary/aromatic N) is 1. The normalized spacial score (nSPS) is 17.4. The maximum atomic E-state index is 13.0. The Hall–Kier alpha value is -3.13. The molecular weight excluding hydrogens is 430 g/mol. The lowest BCUT2D eigenvalue weighted by Crippen LogP contribution is -2.43. The number of hydrogen-bond acceptors (Lipinski definition) is 6. The summed E-state index contributed by atoms with van der Waals surface area (Å²) in [7, 11) is -3.08. The van der Waals surface area contributed by atoms with Crippen molar-refractivity contribution in [1.82, 2.24) is 4.90 Å². The summed E-state index contributed by atoms with van der Waals surface area (Å²) in [6.45, 7) is 3.76. The highest BCUT2D eigenvalue weighted by atomic mass is 32.2. The lowest BCUT2D eigenvalue weighted by atomic mass is 10.0. The average Bonchev–Trinajstić information content (AvgIpc) is 3.12. The van der Waals surface area contributed by atoms with Crippen molar-refractivity contribution in [1.29, 1.82) is 0 Å². The van der Waals surface area contributed by atoms with Gasteiger partial charge in [-0.25, -0.2) is 8.42 Å². The second-order valence-corrected chi connectivity index (χ2v) is 10.1. The Morgan fingerprint density at radius 2 is 1.94 bits per heavy atom. The van der Waals surface area contributed by atoms with Crippen LogP contribution < -0.4 is 10.2 Å². The predicted molar refractivity (Wildman–Crippen MR) is 123 cm³/mol. The molecule has 0 radical (unpaired) electrons. The highest BCUT2D eigenvalue weighted by molar-refractivity contribution is 7.91. The standard InChI is InChI=1S/C24H25NO6S/c1-3-25(18-11-12-32(28,29)15-18)22(26)14-30-19-9-10-20-21(13-19)31-16(2)23(24(20)27)17-7-5-4-6-8-17/h4-10,13,18H,3,11-12,14-15H2,1-2H3. The second kappa shape index (κ2) is 8.78. The van der Waals surface area contributed by atoms with E-state index in [1.165, 1.54) is 0 Å². The van der Waals surface area contributed by atoms with Gasteiger partial charge in [0.25, 0.3) is 5.91 Å². The number of benzene rings is 2. The number of ether oxygens (including phenoxy) is 1. The Labute approximate surface area is 186 Å². The molecule has 1 aromatic heterocycles. The van der Waals surface area contributed by atoms with Crippen molar-refractivity contribution in [2.24, 2.45) is 0 Å². The van der Waals surface area contributed by atoms with Gasteiger partial charge in [-0.05, 0) is 38.0 Å². The Kier molecular flexibility index (Phi) is 6.06. The van der Waals surface area contributed by atoms with Crippen LogP contribution in [0.25, 0.3) is 22.1 Å². The third kappa shape index (κ3) is 4.41. The highest BCUT2D eigenvalue weighted by Crippen LogP contribution is 2.26. The van der Waals surface area contributed by atoms with Crippen molar-refractivity contribution in [3.8, 4) is 16.9 Å². The first kappa shape index (κ1) is 22.1. The van der Waals surface area contributed by atoms with Gasteiger partial charge in [-0.1, -0.05) is 30.3 Å². The maximum Gasteiger partial charge on any atom is 0.260 e. The number of rotatable bonds is 6. The summed E-state index contributed by atoms with van der Waals surface area (Å²) in [4.78, 5) is 27.3. The van der Waals surface area contributed by atoms with Gasteiger partial charge in [-0.3, -0.25) is 9.59 Å². The van der Waals surface area contributed by atoms with E-state index >= 15 is 0 Å². The van der Waals surface area contributed by atoms with E-state index in [1.807, 2.05) is 37.3 Å². The molecule has 4 rings (SSSR count). The van der Waals surface area contributed by atoms with E-state index in [0.29, 0.717) is 41.0 Å². The van der Waals surface area contributed by atoms with Crippen molar-refractivity contribution in [3.05, 3.63) is 64.5 Å². The summed E-state index contributed by atoms with van der Waals surface area (Å²) in [5.74, 6) is 0.733. The van der Waals surface area contributed by atoms with Crippen LogP contribution in [0.15, 0.2) is 57.7 Å². The van der Waals surface area contributed by atoms with Crippen LogP contribution in [0, 0.1) is 6.92 Å². The minimum atomic E-state index is -3.08. The zero-order valence-electron chi connectivity index (χ0n) is 18.0. The number of aryl methyl sites for hydroxylation is 1. The third-order valence-electron chi connectivity index (χ3n) is 5.77. The van der Waals surface area contributed by atoms with Crippen LogP contribution in [0.4, 0.5) is 0 Å². The minimum absolute atomic E-state index is 0.00324. The third-order valence-corrected chi connectivity index (χ3v) is 7.53. The molecular formula is C24H25NO6S. The molecule has 1 atom stereocenters. The van der Waals surface area contributed by atoms with E-state index in [9.17, 15) is 18.0 Å². The van der Waals surface area contributed by atoms with Crippen molar-refractivity contribution in [2.45, 2.75) is 26.3 Å². The fourth-order valence-corrected chi connectivity index (χ4v) is 5.93. The molecule has 8 heteroatoms. The van der Waals surface area contributed by atoms with E-state index in [4.69, 9.17) is 9.15 Å². The van der Waals surface area contributed by atoms with Crippen LogP contribution in [0.5, 0.6) is 5.75 Å². The van der Waals surface area contributed by atoms with Crippen molar-refractivity contribution >= 4 is 26.7 Å². The van der Waals surface area contributed by atoms with Gasteiger partial charge in [0.1, 0.15) is 17.1 Å². The summed E-state index contributed by atoms with van der Waals surface area (Å²) in [5, 5.41) is 0.430. The Balaban J connectivity index is 1.53. The smallest absolute Gasteiger partial charge is 0.260 e. The van der Waals surface area contributed by atoms with Gasteiger partial charge in [0.05, 0.1) is 22.5 Å². The molecule has 1 saturated heterocycles. The van der Waals surface area contributed by atoms with E-state index in [-0.39, 0.29) is 35.5 Å². The predicted octanol–water partition coefficient (Wildman–Crippen LogP) is 3.18. The van der Waals surface area contributed by atoms with Crippen LogP contribution in [-0.4, -0.2) is 49.9 Å². The molecule has 1 unspecified atom stereocenters. The number of sulfone groups is 1. The van der Waals surface area contributed by atoms with Crippen molar-refractivity contribution < 1.29 is 22.4 Å². The van der Waals surface area contributed by atoms with Crippen molar-refractivity contribution in [2.75, 3.05) is 24.7 Å². The first-order chi connectivity index (χ1) is 15.3. The number of likely N-dealkylation sites (N-methyl/N-ethyl adjacent to an activating group) is 1. The monoisotopic (exact) mass is 455 g/mol. The van der Waals surface area contributed by atoms with Crippen LogP contribution in [0.1, 0.15) is 19.1 Å². The molecule has 3 aromatic rings. The molecule has 32 heavy (non-hydrogen) atoms. The van der Waals surface area contributed by atoms with Gasteiger partial charge in [-0.2, -0.15) is 0 Å². The Morgan fingerprint density at radius 1 is 1.19 bits per heavy atom. The van der Waals surface area contributed by atoms with Crippen LogP contribution in [0.2, 0.25) is 0 Å². The van der Waals surface area contributed by atoms with Gasteiger partial charge in [-0.15, -0.1) is 0 Å². The molecule has 2 aromatic carbocycles. The largest absolute Gasteiger partial charge is 0.484 e. The van der Waals surface area contributed by atoms with Crippen LogP contribution in [-0.2, 0) is 14.6 Å². The molecule has 1 fully saturated rings. The maximum absolute atomic E-state index is 13.0. The van der Waals surface area contributed by atoms with E-state index in [0.717, 1.165) is 5.56 Å². The zero-order chi connectivity index (χ0) is 22.9. The summed E-state index contributed by atoms with van der Waals surface area (Å²) in [6, 6.07) is 13.9. The SMILES string of the molecule is CCN(C(=O)COc1ccc2c(=O)c(-c3ccccc3)c(C)oc2c1)C1CCS(=O)(=O)C1. The Bertz CT molecular complexity index is 1310. The van der Waals surface area contributed by atoms with E-state index in [2.05, 4.69) is 0 Å². The Morgan fingerprint density at radius 3 is 2.59 bits per heavy atom. The lowest BCUT2D eigenvalue weighted by Gasteiger charge is -2.26. The van der Waals surface area contributed by atoms with Crippen LogP contribution in [0.3, 0.4) is 0 Å². The van der Waals surface area contributed by atoms with Gasteiger partial charge >= 0.3 is 0 Å². The van der Waals surface area contributed by atoms with Gasteiger partial charge < -0.3 is 14.1 Å². The first-order valence-corrected chi connectivity index (χ1v) is 12.4. The second-order valence-electron chi connectivity index (χ2n) is 7.91. The molecule has 168 valence electrons. The molecule has 0 bridgehead atoms. The van der Waals surface area contributed by atoms with Gasteiger partial charge in [0.2, 0.25) is 5.43 Å². The molecule has 0 spiro atoms. The van der Waals surface area contributed by atoms with Crippen LogP contribution >= 0.6 is 0 Å². The quantitative estimate of drug-likeness (QED) is 0.567.